The maximum absolute atomic E-state index is 4.19. The van der Waals surface area contributed by atoms with E-state index in [-0.39, 0.29) is 0 Å². The number of hydrogen-bond acceptors (Lipinski definition) is 5. The molecule has 0 spiro atoms. The predicted molar refractivity (Wildman–Crippen MR) is 71.8 cm³/mol. The Balaban J connectivity index is 1.93. The van der Waals surface area contributed by atoms with Crippen molar-refractivity contribution in [3.8, 4) is 5.82 Å². The van der Waals surface area contributed by atoms with Crippen molar-refractivity contribution in [3.05, 3.63) is 42.1 Å². The third-order valence-corrected chi connectivity index (χ3v) is 2.83. The fourth-order valence-electron chi connectivity index (χ4n) is 1.85. The summed E-state index contributed by atoms with van der Waals surface area (Å²) in [6.45, 7) is 3.70. The number of nitrogens with zero attached hydrogens (tertiary/aromatic N) is 5. The molecule has 0 aliphatic rings. The Bertz CT molecular complexity index is 673. The second-order valence-corrected chi connectivity index (χ2v) is 4.15. The van der Waals surface area contributed by atoms with Gasteiger partial charge in [0.1, 0.15) is 5.52 Å². The van der Waals surface area contributed by atoms with Gasteiger partial charge in [-0.25, -0.2) is 0 Å². The molecule has 1 aromatic carbocycles. The highest BCUT2D eigenvalue weighted by Gasteiger charge is 2.07. The molecule has 0 radical (unpaired) electrons. The topological polar surface area (TPSA) is 68.5 Å². The summed E-state index contributed by atoms with van der Waals surface area (Å²) in [6.07, 6.45) is 0. The summed E-state index contributed by atoms with van der Waals surface area (Å²) in [5.74, 6) is 0.675. The smallest absolute Gasteiger partial charge is 0.178 e. The van der Waals surface area contributed by atoms with Crippen molar-refractivity contribution in [1.29, 1.82) is 0 Å². The van der Waals surface area contributed by atoms with E-state index in [2.05, 4.69) is 32.7 Å². The van der Waals surface area contributed by atoms with Gasteiger partial charge in [-0.1, -0.05) is 24.3 Å². The van der Waals surface area contributed by atoms with Crippen LogP contribution in [0.2, 0.25) is 0 Å². The van der Waals surface area contributed by atoms with E-state index in [9.17, 15) is 0 Å². The van der Waals surface area contributed by atoms with Crippen molar-refractivity contribution in [3.63, 3.8) is 0 Å². The van der Waals surface area contributed by atoms with Crippen molar-refractivity contribution in [2.75, 3.05) is 6.54 Å². The molecule has 6 nitrogen and oxygen atoms in total. The zero-order valence-electron chi connectivity index (χ0n) is 10.6. The van der Waals surface area contributed by atoms with Gasteiger partial charge in [0.25, 0.3) is 0 Å². The number of hydrogen-bond donors (Lipinski definition) is 1. The SMILES string of the molecule is CCNCc1ccc(-n2nnc3ccccc32)nn1. The highest BCUT2D eigenvalue weighted by atomic mass is 15.5. The zero-order valence-corrected chi connectivity index (χ0v) is 10.6. The van der Waals surface area contributed by atoms with Gasteiger partial charge in [-0.3, -0.25) is 0 Å². The number of aromatic nitrogens is 5. The van der Waals surface area contributed by atoms with E-state index < -0.39 is 0 Å². The van der Waals surface area contributed by atoms with Gasteiger partial charge in [0, 0.05) is 6.54 Å². The molecule has 0 unspecified atom stereocenters. The third-order valence-electron chi connectivity index (χ3n) is 2.83. The lowest BCUT2D eigenvalue weighted by atomic mass is 10.3. The quantitative estimate of drug-likeness (QED) is 0.760. The average Bonchev–Trinajstić information content (AvgIpc) is 2.90. The Morgan fingerprint density at radius 1 is 1.05 bits per heavy atom. The Morgan fingerprint density at radius 2 is 1.95 bits per heavy atom. The summed E-state index contributed by atoms with van der Waals surface area (Å²) in [6, 6.07) is 11.6. The van der Waals surface area contributed by atoms with E-state index in [1.165, 1.54) is 0 Å². The van der Waals surface area contributed by atoms with E-state index in [0.29, 0.717) is 5.82 Å². The predicted octanol–water partition coefficient (Wildman–Crippen LogP) is 1.32. The molecule has 3 rings (SSSR count). The Labute approximate surface area is 110 Å². The van der Waals surface area contributed by atoms with E-state index in [0.717, 1.165) is 29.8 Å². The maximum Gasteiger partial charge on any atom is 0.178 e. The fraction of sp³-hybridized carbons (Fsp3) is 0.231. The van der Waals surface area contributed by atoms with Crippen LogP contribution < -0.4 is 5.32 Å². The van der Waals surface area contributed by atoms with E-state index in [4.69, 9.17) is 0 Å². The van der Waals surface area contributed by atoms with Crippen molar-refractivity contribution < 1.29 is 0 Å². The van der Waals surface area contributed by atoms with Crippen molar-refractivity contribution in [1.82, 2.24) is 30.5 Å². The number of para-hydroxylation sites is 1. The lowest BCUT2D eigenvalue weighted by Gasteiger charge is -2.03. The molecule has 96 valence electrons. The highest BCUT2D eigenvalue weighted by molar-refractivity contribution is 5.75. The van der Waals surface area contributed by atoms with Gasteiger partial charge >= 0.3 is 0 Å². The monoisotopic (exact) mass is 254 g/mol. The average molecular weight is 254 g/mol. The number of benzene rings is 1. The Kier molecular flexibility index (Phi) is 3.16. The zero-order chi connectivity index (χ0) is 13.1. The molecule has 19 heavy (non-hydrogen) atoms. The molecule has 0 amide bonds. The van der Waals surface area contributed by atoms with Crippen LogP contribution in [-0.4, -0.2) is 31.7 Å². The first-order valence-electron chi connectivity index (χ1n) is 6.22. The fourth-order valence-corrected chi connectivity index (χ4v) is 1.85. The molecule has 2 heterocycles. The number of nitrogens with one attached hydrogen (secondary N) is 1. The molecule has 1 N–H and O–H groups in total. The summed E-state index contributed by atoms with van der Waals surface area (Å²) < 4.78 is 1.69. The summed E-state index contributed by atoms with van der Waals surface area (Å²) in [4.78, 5) is 0. The second kappa shape index (κ2) is 5.11. The maximum atomic E-state index is 4.19. The minimum Gasteiger partial charge on any atom is -0.311 e. The minimum atomic E-state index is 0.675. The minimum absolute atomic E-state index is 0.675. The van der Waals surface area contributed by atoms with Crippen molar-refractivity contribution >= 4 is 11.0 Å². The van der Waals surface area contributed by atoms with Crippen molar-refractivity contribution in [2.24, 2.45) is 0 Å². The van der Waals surface area contributed by atoms with Gasteiger partial charge in [0.05, 0.1) is 11.2 Å². The van der Waals surface area contributed by atoms with Gasteiger partial charge in [-0.15, -0.1) is 10.2 Å². The third kappa shape index (κ3) is 2.30. The van der Waals surface area contributed by atoms with Gasteiger partial charge in [-0.2, -0.15) is 9.78 Å². The normalized spacial score (nSPS) is 11.0. The molecule has 2 aromatic heterocycles. The molecule has 0 fully saturated rings. The first kappa shape index (κ1) is 11.7. The molecule has 0 bridgehead atoms. The molecule has 3 aromatic rings. The van der Waals surface area contributed by atoms with Crippen LogP contribution in [0.1, 0.15) is 12.6 Å². The van der Waals surface area contributed by atoms with Crippen LogP contribution in [-0.2, 0) is 6.54 Å². The summed E-state index contributed by atoms with van der Waals surface area (Å²) in [7, 11) is 0. The lowest BCUT2D eigenvalue weighted by Crippen LogP contribution is -2.14. The van der Waals surface area contributed by atoms with Crippen LogP contribution >= 0.6 is 0 Å². The van der Waals surface area contributed by atoms with Gasteiger partial charge in [0.15, 0.2) is 5.82 Å². The van der Waals surface area contributed by atoms with E-state index in [1.54, 1.807) is 4.68 Å². The molecular weight excluding hydrogens is 240 g/mol. The van der Waals surface area contributed by atoms with Gasteiger partial charge < -0.3 is 5.32 Å². The molecule has 0 saturated carbocycles. The molecule has 0 atom stereocenters. The van der Waals surface area contributed by atoms with Gasteiger partial charge in [0.2, 0.25) is 0 Å². The van der Waals surface area contributed by atoms with Gasteiger partial charge in [-0.05, 0) is 30.8 Å². The van der Waals surface area contributed by atoms with E-state index in [1.807, 2.05) is 36.4 Å². The van der Waals surface area contributed by atoms with Crippen LogP contribution in [0.15, 0.2) is 36.4 Å². The van der Waals surface area contributed by atoms with Crippen LogP contribution in [0.25, 0.3) is 16.9 Å². The van der Waals surface area contributed by atoms with Crippen molar-refractivity contribution in [2.45, 2.75) is 13.5 Å². The molecular formula is C13H14N6. The molecule has 0 aliphatic carbocycles. The summed E-state index contributed by atoms with van der Waals surface area (Å²) >= 11 is 0. The largest absolute Gasteiger partial charge is 0.311 e. The Morgan fingerprint density at radius 3 is 2.74 bits per heavy atom. The Hall–Kier alpha value is -2.34. The number of fused-ring (bicyclic) bond motifs is 1. The standard InChI is InChI=1S/C13H14N6/c1-2-14-9-10-7-8-13(17-15-10)19-12-6-4-3-5-11(12)16-18-19/h3-8,14H,2,9H2,1H3. The van der Waals surface area contributed by atoms with E-state index >= 15 is 0 Å². The van der Waals surface area contributed by atoms with Crippen LogP contribution in [0.4, 0.5) is 0 Å². The van der Waals surface area contributed by atoms with Crippen LogP contribution in [0.3, 0.4) is 0 Å². The second-order valence-electron chi connectivity index (χ2n) is 4.15. The molecule has 0 aliphatic heterocycles. The number of rotatable bonds is 4. The first-order chi connectivity index (χ1) is 9.38. The molecule has 0 saturated heterocycles. The van der Waals surface area contributed by atoms with Crippen LogP contribution in [0.5, 0.6) is 0 Å². The highest BCUT2D eigenvalue weighted by Crippen LogP contribution is 2.13. The first-order valence-corrected chi connectivity index (χ1v) is 6.22. The van der Waals surface area contributed by atoms with Crippen LogP contribution in [0, 0.1) is 0 Å². The summed E-state index contributed by atoms with van der Waals surface area (Å²) in [5, 5.41) is 19.8. The molecule has 6 heteroatoms. The summed E-state index contributed by atoms with van der Waals surface area (Å²) in [5.41, 5.74) is 2.69. The lowest BCUT2D eigenvalue weighted by molar-refractivity contribution is 0.690.